The molecule has 1 aliphatic rings. The lowest BCUT2D eigenvalue weighted by Crippen LogP contribution is -2.10. The maximum atomic E-state index is 6.62. The molecule has 33 heavy (non-hydrogen) atoms. The van der Waals surface area contributed by atoms with E-state index in [1.165, 1.54) is 59.5 Å². The van der Waals surface area contributed by atoms with E-state index in [0.29, 0.717) is 15.0 Å². The van der Waals surface area contributed by atoms with Gasteiger partial charge in [0.2, 0.25) is 0 Å². The van der Waals surface area contributed by atoms with Crippen molar-refractivity contribution in [3.63, 3.8) is 0 Å². The summed E-state index contributed by atoms with van der Waals surface area (Å²) in [4.78, 5) is 0. The Kier molecular flexibility index (Phi) is 4.86. The van der Waals surface area contributed by atoms with Gasteiger partial charge in [-0.15, -0.1) is 11.3 Å². The smallest absolute Gasteiger partial charge is 0.153 e. The summed E-state index contributed by atoms with van der Waals surface area (Å²) in [6.45, 7) is 9.05. The number of para-hydroxylation sites is 1. The number of furan rings is 1. The normalized spacial score (nSPS) is 14.3. The molecule has 161 valence electrons. The van der Waals surface area contributed by atoms with Gasteiger partial charge >= 0.3 is 0 Å². The molecule has 5 aromatic rings. The Morgan fingerprint density at radius 1 is 0.848 bits per heavy atom. The van der Waals surface area contributed by atoms with E-state index >= 15 is 0 Å². The lowest BCUT2D eigenvalue weighted by Gasteiger charge is -2.21. The zero-order valence-corrected chi connectivity index (χ0v) is 21.1. The predicted molar refractivity (Wildman–Crippen MR) is 147 cm³/mol. The van der Waals surface area contributed by atoms with Crippen LogP contribution in [-0.4, -0.2) is 14.8 Å². The molecule has 0 saturated carbocycles. The quantitative estimate of drug-likeness (QED) is 0.246. The molecule has 1 aliphatic heterocycles. The van der Waals surface area contributed by atoms with Gasteiger partial charge in [-0.1, -0.05) is 68.1 Å². The highest BCUT2D eigenvalue weighted by atomic mass is 32.1. The molecule has 3 heteroatoms. The molecule has 0 spiro atoms. The molecule has 6 rings (SSSR count). The fourth-order valence-corrected chi connectivity index (χ4v) is 7.35. The largest absolute Gasteiger partial charge is 0.454 e. The van der Waals surface area contributed by atoms with E-state index < -0.39 is 0 Å². The highest BCUT2D eigenvalue weighted by Gasteiger charge is 2.20. The second-order valence-corrected chi connectivity index (χ2v) is 11.2. The number of hydrogen-bond acceptors (Lipinski definition) is 2. The van der Waals surface area contributed by atoms with Gasteiger partial charge in [0, 0.05) is 16.3 Å². The molecule has 0 bridgehead atoms. The van der Waals surface area contributed by atoms with Crippen molar-refractivity contribution in [1.29, 1.82) is 0 Å². The maximum Gasteiger partial charge on any atom is 0.153 e. The zero-order valence-electron chi connectivity index (χ0n) is 19.3. The first-order chi connectivity index (χ1) is 16.0. The Balaban J connectivity index is 1.61. The van der Waals surface area contributed by atoms with Gasteiger partial charge in [0.1, 0.15) is 5.58 Å². The van der Waals surface area contributed by atoms with Gasteiger partial charge in [-0.05, 0) is 75.7 Å². The molecule has 0 saturated heterocycles. The zero-order chi connectivity index (χ0) is 22.7. The maximum absolute atomic E-state index is 6.62. The standard InChI is InChI=1S/C30H25OSSi/c1-17(2)25-16-33-26(15-24(25)27-18(3)7-5-8-19(27)4)23-10-6-9-21-22-12-11-20-13-14-32-30(20)29(22)31-28(21)23/h5-17H,1-4H3. The fourth-order valence-electron chi connectivity index (χ4n) is 5.08. The lowest BCUT2D eigenvalue weighted by molar-refractivity contribution is 0.672. The van der Waals surface area contributed by atoms with E-state index in [4.69, 9.17) is 4.42 Å². The van der Waals surface area contributed by atoms with Crippen LogP contribution in [0.3, 0.4) is 0 Å². The van der Waals surface area contributed by atoms with Gasteiger partial charge in [0.15, 0.2) is 5.58 Å². The van der Waals surface area contributed by atoms with Crippen LogP contribution in [-0.2, 0) is 0 Å². The van der Waals surface area contributed by atoms with Gasteiger partial charge < -0.3 is 4.42 Å². The second-order valence-electron chi connectivity index (χ2n) is 9.20. The number of rotatable bonds is 3. The summed E-state index contributed by atoms with van der Waals surface area (Å²) >= 11 is 1.76. The van der Waals surface area contributed by atoms with Crippen LogP contribution in [0.1, 0.15) is 36.1 Å². The van der Waals surface area contributed by atoms with Crippen molar-refractivity contribution in [2.45, 2.75) is 27.7 Å². The number of allylic oxidation sites excluding steroid dienone is 3. The highest BCUT2D eigenvalue weighted by Crippen LogP contribution is 2.40. The average Bonchev–Trinajstić information content (AvgIpc) is 3.43. The first-order valence-corrected chi connectivity index (χ1v) is 13.4. The summed E-state index contributed by atoms with van der Waals surface area (Å²) in [6.07, 6.45) is 2.44. The van der Waals surface area contributed by atoms with Gasteiger partial charge in [0.05, 0.1) is 13.8 Å². The molecule has 0 aliphatic carbocycles. The minimum atomic E-state index is 0.485. The number of hydrogen-bond donors (Lipinski definition) is 0. The molecule has 2 aromatic heterocycles. The van der Waals surface area contributed by atoms with Crippen molar-refractivity contribution in [3.05, 3.63) is 93.9 Å². The van der Waals surface area contributed by atoms with Crippen LogP contribution in [0.25, 0.3) is 42.8 Å². The Morgan fingerprint density at radius 3 is 2.39 bits per heavy atom. The van der Waals surface area contributed by atoms with Crippen LogP contribution in [0.2, 0.25) is 0 Å². The topological polar surface area (TPSA) is 13.1 Å². The summed E-state index contributed by atoms with van der Waals surface area (Å²) < 4.78 is 7.85. The Bertz CT molecular complexity index is 1640. The second kappa shape index (κ2) is 7.79. The van der Waals surface area contributed by atoms with Crippen molar-refractivity contribution in [3.8, 4) is 0 Å². The molecular formula is C30H25OSSi. The van der Waals surface area contributed by atoms with E-state index in [2.05, 4.69) is 99.4 Å². The summed E-state index contributed by atoms with van der Waals surface area (Å²) in [5.74, 6) is 0.485. The minimum Gasteiger partial charge on any atom is -0.454 e. The Labute approximate surface area is 200 Å². The molecular weight excluding hydrogens is 436 g/mol. The predicted octanol–water partition coefficient (Wildman–Crippen LogP) is 8.39. The highest BCUT2D eigenvalue weighted by molar-refractivity contribution is 7.18. The number of benzene rings is 3. The number of fused-ring (bicyclic) bond motifs is 5. The Morgan fingerprint density at radius 2 is 1.61 bits per heavy atom. The van der Waals surface area contributed by atoms with Crippen LogP contribution < -0.4 is 0 Å². The molecule has 1 radical (unpaired) electrons. The summed E-state index contributed by atoms with van der Waals surface area (Å²) in [5, 5.41) is 7.16. The minimum absolute atomic E-state index is 0.485. The van der Waals surface area contributed by atoms with Crippen LogP contribution in [0.5, 0.6) is 0 Å². The molecule has 0 amide bonds. The average molecular weight is 462 g/mol. The monoisotopic (exact) mass is 461 g/mol. The van der Waals surface area contributed by atoms with Crippen LogP contribution in [0.4, 0.5) is 0 Å². The van der Waals surface area contributed by atoms with Gasteiger partial charge in [0.25, 0.3) is 0 Å². The summed E-state index contributed by atoms with van der Waals surface area (Å²) in [6, 6.07) is 19.8. The molecule has 0 atom stereocenters. The first-order valence-electron chi connectivity index (χ1n) is 11.5. The van der Waals surface area contributed by atoms with Crippen molar-refractivity contribution in [1.82, 2.24) is 0 Å². The SMILES string of the molecule is Cc1cccc(C)c1C1=C(C(C)C)C=[Si]C(c2cccc3c2oc2c3ccc3ccsc32)=C1. The third-order valence-electron chi connectivity index (χ3n) is 6.73. The molecule has 0 unspecified atom stereocenters. The third kappa shape index (κ3) is 3.22. The van der Waals surface area contributed by atoms with E-state index in [1.54, 1.807) is 11.3 Å². The molecule has 3 aromatic carbocycles. The van der Waals surface area contributed by atoms with Crippen molar-refractivity contribution in [2.24, 2.45) is 5.92 Å². The number of aryl methyl sites for hydroxylation is 2. The van der Waals surface area contributed by atoms with Crippen LogP contribution in [0, 0.1) is 19.8 Å². The lowest BCUT2D eigenvalue weighted by atomic mass is 9.88. The van der Waals surface area contributed by atoms with Gasteiger partial charge in [-0.25, -0.2) is 0 Å². The summed E-state index contributed by atoms with van der Waals surface area (Å²) in [5.41, 5.74) is 12.6. The molecule has 1 nitrogen and oxygen atoms in total. The molecule has 3 heterocycles. The van der Waals surface area contributed by atoms with Crippen LogP contribution in [0.15, 0.2) is 76.0 Å². The van der Waals surface area contributed by atoms with E-state index in [1.807, 2.05) is 0 Å². The van der Waals surface area contributed by atoms with Gasteiger partial charge in [-0.2, -0.15) is 0 Å². The fraction of sp³-hybridized carbons (Fsp3) is 0.167. The van der Waals surface area contributed by atoms with E-state index in [-0.39, 0.29) is 0 Å². The molecule has 0 fully saturated rings. The van der Waals surface area contributed by atoms with Crippen molar-refractivity contribution >= 4 is 68.9 Å². The van der Waals surface area contributed by atoms with Crippen LogP contribution >= 0.6 is 11.3 Å². The molecule has 0 N–H and O–H groups in total. The van der Waals surface area contributed by atoms with E-state index in [9.17, 15) is 0 Å². The Hall–Kier alpha value is -3.01. The third-order valence-corrected chi connectivity index (χ3v) is 8.84. The number of thiophene rings is 1. The summed E-state index contributed by atoms with van der Waals surface area (Å²) in [7, 11) is 0.626. The van der Waals surface area contributed by atoms with Gasteiger partial charge in [-0.3, -0.25) is 0 Å². The van der Waals surface area contributed by atoms with Crippen molar-refractivity contribution in [2.75, 3.05) is 0 Å². The van der Waals surface area contributed by atoms with E-state index in [0.717, 1.165) is 11.2 Å². The van der Waals surface area contributed by atoms with Crippen molar-refractivity contribution < 1.29 is 4.42 Å². The first kappa shape index (κ1) is 20.6.